The van der Waals surface area contributed by atoms with Crippen molar-refractivity contribution in [2.75, 3.05) is 53.7 Å². The molecule has 21 heteroatoms. The number of hydrogen-bond donors (Lipinski definition) is 3. The number of hydrogen-bond acceptors (Lipinski definition) is 19. The van der Waals surface area contributed by atoms with Crippen molar-refractivity contribution < 1.29 is 91.3 Å². The molecule has 0 bridgehead atoms. The highest BCUT2D eigenvalue weighted by Crippen LogP contribution is 2.41. The Morgan fingerprint density at radius 2 is 0.872 bits per heavy atom. The maximum absolute atomic E-state index is 13.0. The number of benzene rings is 4. The molecule has 0 saturated carbocycles. The Bertz CT molecular complexity index is 2510. The Morgan fingerprint density at radius 3 is 1.24 bits per heavy atom. The van der Waals surface area contributed by atoms with Gasteiger partial charge in [-0.15, -0.1) is 0 Å². The van der Waals surface area contributed by atoms with Crippen molar-refractivity contribution in [1.82, 2.24) is 9.80 Å². The number of esters is 2. The molecule has 4 fully saturated rings. The molecule has 0 radical (unpaired) electrons. The minimum Gasteiger partial charge on any atom is -0.465 e. The predicted molar refractivity (Wildman–Crippen MR) is 312 cm³/mol. The molecular weight excluding hydrogens is 1110 g/mol. The molecule has 8 rings (SSSR count). The predicted octanol–water partition coefficient (Wildman–Crippen LogP) is 8.36. The van der Waals surface area contributed by atoms with Gasteiger partial charge in [-0.1, -0.05) is 128 Å². The summed E-state index contributed by atoms with van der Waals surface area (Å²) in [5.74, 6) is -7.04. The van der Waals surface area contributed by atoms with Gasteiger partial charge in [0, 0.05) is 39.0 Å². The molecule has 4 heterocycles. The fraction of sp³-hybridized carbons (Fsp3) is 0.569. The second-order valence-corrected chi connectivity index (χ2v) is 23.0. The lowest BCUT2D eigenvalue weighted by atomic mass is 9.86. The van der Waals surface area contributed by atoms with Gasteiger partial charge >= 0.3 is 24.1 Å². The molecule has 2 unspecified atom stereocenters. The van der Waals surface area contributed by atoms with Gasteiger partial charge in [0.15, 0.2) is 11.6 Å². The van der Waals surface area contributed by atoms with Crippen LogP contribution in [0.2, 0.25) is 0 Å². The van der Waals surface area contributed by atoms with Crippen LogP contribution in [0.5, 0.6) is 0 Å². The molecule has 3 N–H and O–H groups in total. The number of carbonyl (C=O) groups is 4. The first-order valence-electron chi connectivity index (χ1n) is 29.7. The van der Waals surface area contributed by atoms with Crippen molar-refractivity contribution in [3.8, 4) is 0 Å². The van der Waals surface area contributed by atoms with Crippen molar-refractivity contribution in [3.05, 3.63) is 144 Å². The number of carbonyl (C=O) groups excluding carboxylic acids is 4. The molecule has 4 aromatic rings. The number of ether oxygens (including phenoxy) is 12. The number of unbranched alkanes of at least 4 members (excludes halogenated alkanes) is 4. The Hall–Kier alpha value is -6.08. The topological polar surface area (TPSA) is 246 Å². The standard InChI is InChI=1S/C33H45NO9.C32H43NO10/c1-24-20-33(30(36)38-4,43-29(28(24)35)27-23-41-32(2,3)42-27)40-19-13-7-12-18-34(21-25-14-8-5-9-15-25)31(37)39-22-26-16-10-6-11-17-26;1-31(2)41-22-26(42-31)28-27(35)25(34)19-32(43-28,29(36)38-3)40-18-12-6-11-17-33(20-23-13-7-4-8-14-23)30(37)39-21-24-15-9-5-10-16-24/h5-6,8-11,14-17,24,27-29,35H,7,12-13,18-23H2,1-4H3;4-5,7-10,13-16,25-28,34-35H,6,11-12,17-22H2,1-3H3/t24-,27-,28-,29?,33-;25-,26-,27-,28?,32-/m11/s1. The minimum absolute atomic E-state index is 0.117. The molecule has 10 atom stereocenters. The molecule has 4 aromatic carbocycles. The van der Waals surface area contributed by atoms with E-state index < -0.39 is 83.9 Å². The smallest absolute Gasteiger partial charge is 0.410 e. The van der Waals surface area contributed by atoms with Gasteiger partial charge in [-0.3, -0.25) is 0 Å². The largest absolute Gasteiger partial charge is 0.465 e. The van der Waals surface area contributed by atoms with E-state index in [0.717, 1.165) is 28.7 Å². The first-order valence-corrected chi connectivity index (χ1v) is 29.7. The highest BCUT2D eigenvalue weighted by atomic mass is 16.8. The third-order valence-electron chi connectivity index (χ3n) is 15.3. The summed E-state index contributed by atoms with van der Waals surface area (Å²) < 4.78 is 68.5. The average molecular weight is 1200 g/mol. The van der Waals surface area contributed by atoms with Crippen molar-refractivity contribution >= 4 is 24.1 Å². The van der Waals surface area contributed by atoms with Crippen LogP contribution in [-0.2, 0) is 92.7 Å². The average Bonchev–Trinajstić information content (AvgIpc) is 1.35. The minimum atomic E-state index is -1.91. The lowest BCUT2D eigenvalue weighted by Gasteiger charge is -2.45. The fourth-order valence-corrected chi connectivity index (χ4v) is 10.7. The summed E-state index contributed by atoms with van der Waals surface area (Å²) in [5.41, 5.74) is 3.85. The van der Waals surface area contributed by atoms with Crippen LogP contribution >= 0.6 is 0 Å². The van der Waals surface area contributed by atoms with E-state index in [-0.39, 0.29) is 64.5 Å². The van der Waals surface area contributed by atoms with Gasteiger partial charge in [0.25, 0.3) is 11.6 Å². The van der Waals surface area contributed by atoms with E-state index in [0.29, 0.717) is 58.3 Å². The zero-order valence-electron chi connectivity index (χ0n) is 50.7. The van der Waals surface area contributed by atoms with E-state index in [2.05, 4.69) is 0 Å². The van der Waals surface area contributed by atoms with Crippen molar-refractivity contribution in [1.29, 1.82) is 0 Å². The van der Waals surface area contributed by atoms with Crippen LogP contribution in [-0.4, -0.2) is 169 Å². The van der Waals surface area contributed by atoms with E-state index >= 15 is 0 Å². The Morgan fingerprint density at radius 1 is 0.500 bits per heavy atom. The Labute approximate surface area is 504 Å². The highest BCUT2D eigenvalue weighted by molar-refractivity contribution is 5.78. The molecule has 2 amide bonds. The summed E-state index contributed by atoms with van der Waals surface area (Å²) in [7, 11) is 2.50. The van der Waals surface area contributed by atoms with Crippen LogP contribution in [0.1, 0.15) is 108 Å². The number of aliphatic hydroxyl groups is 3. The van der Waals surface area contributed by atoms with Gasteiger partial charge in [0.1, 0.15) is 43.7 Å². The Kier molecular flexibility index (Phi) is 25.3. The van der Waals surface area contributed by atoms with E-state index in [9.17, 15) is 34.5 Å². The molecule has 0 spiro atoms. The van der Waals surface area contributed by atoms with Gasteiger partial charge < -0.3 is 82.0 Å². The SMILES string of the molecule is COC(=O)[C@@]1(OCCCCCN(Cc2ccccc2)C(=O)OCc2ccccc2)C[C@@H](C)[C@@H](O)C([C@H]2COC(C)(C)O2)O1.COC(=O)[C@@]1(OCCCCCN(Cc2ccccc2)C(=O)OCc2ccccc2)C[C@@H](O)[C@@H](O)C([C@H]2COC(C)(C)O2)O1. The van der Waals surface area contributed by atoms with Gasteiger partial charge in [-0.2, -0.15) is 0 Å². The molecule has 472 valence electrons. The summed E-state index contributed by atoms with van der Waals surface area (Å²) in [5, 5.41) is 32.2. The van der Waals surface area contributed by atoms with E-state index in [4.69, 9.17) is 56.8 Å². The van der Waals surface area contributed by atoms with Crippen LogP contribution in [0.15, 0.2) is 121 Å². The lowest BCUT2D eigenvalue weighted by molar-refractivity contribution is -0.325. The number of methoxy groups -OCH3 is 2. The maximum Gasteiger partial charge on any atom is 0.410 e. The third kappa shape index (κ3) is 19.5. The van der Waals surface area contributed by atoms with Crippen LogP contribution in [0, 0.1) is 5.92 Å². The molecule has 4 aliphatic rings. The lowest BCUT2D eigenvalue weighted by Crippen LogP contribution is -2.63. The highest BCUT2D eigenvalue weighted by Gasteiger charge is 2.58. The zero-order chi connectivity index (χ0) is 61.7. The Balaban J connectivity index is 0.000000246. The van der Waals surface area contributed by atoms with E-state index in [1.54, 1.807) is 37.5 Å². The van der Waals surface area contributed by atoms with Crippen molar-refractivity contribution in [2.45, 2.75) is 178 Å². The normalized spacial score (nSPS) is 26.5. The van der Waals surface area contributed by atoms with Crippen molar-refractivity contribution in [3.63, 3.8) is 0 Å². The first kappa shape index (κ1) is 67.4. The molecule has 0 aromatic heterocycles. The molecule has 21 nitrogen and oxygen atoms in total. The quantitative estimate of drug-likeness (QED) is 0.0304. The van der Waals surface area contributed by atoms with Crippen LogP contribution in [0.25, 0.3) is 0 Å². The summed E-state index contributed by atoms with van der Waals surface area (Å²) in [6.45, 7) is 11.8. The van der Waals surface area contributed by atoms with E-state index in [1.807, 2.05) is 128 Å². The van der Waals surface area contributed by atoms with Gasteiger partial charge in [-0.05, 0) is 94.4 Å². The van der Waals surface area contributed by atoms with Crippen LogP contribution in [0.4, 0.5) is 9.59 Å². The molecule has 86 heavy (non-hydrogen) atoms. The van der Waals surface area contributed by atoms with E-state index in [1.165, 1.54) is 14.2 Å². The summed E-state index contributed by atoms with van der Waals surface area (Å²) in [6.07, 6.45) is -3.61. The molecular formula is C65H88N2O19. The second-order valence-electron chi connectivity index (χ2n) is 23.0. The number of aliphatic hydroxyl groups excluding tert-OH is 3. The first-order chi connectivity index (χ1) is 41.2. The van der Waals surface area contributed by atoms with Gasteiger partial charge in [0.05, 0.1) is 52.9 Å². The summed E-state index contributed by atoms with van der Waals surface area (Å²) >= 11 is 0. The zero-order valence-corrected chi connectivity index (χ0v) is 50.7. The maximum atomic E-state index is 13.0. The number of rotatable bonds is 26. The third-order valence-corrected chi connectivity index (χ3v) is 15.3. The monoisotopic (exact) mass is 1200 g/mol. The summed E-state index contributed by atoms with van der Waals surface area (Å²) in [4.78, 5) is 55.2. The molecule has 0 aliphatic carbocycles. The number of nitrogens with zero attached hydrogens (tertiary/aromatic N) is 2. The second kappa shape index (κ2) is 32.2. The van der Waals surface area contributed by atoms with Crippen LogP contribution < -0.4 is 0 Å². The van der Waals surface area contributed by atoms with Crippen molar-refractivity contribution in [2.24, 2.45) is 5.92 Å². The van der Waals surface area contributed by atoms with Gasteiger partial charge in [0.2, 0.25) is 0 Å². The fourth-order valence-electron chi connectivity index (χ4n) is 10.7. The molecule has 4 aliphatic heterocycles. The van der Waals surface area contributed by atoms with Crippen LogP contribution in [0.3, 0.4) is 0 Å². The van der Waals surface area contributed by atoms with Gasteiger partial charge in [-0.25, -0.2) is 19.2 Å². The number of amides is 2. The summed E-state index contributed by atoms with van der Waals surface area (Å²) in [6, 6.07) is 38.6. The molecule has 4 saturated heterocycles.